The summed E-state index contributed by atoms with van der Waals surface area (Å²) in [6, 6.07) is 2.60. The van der Waals surface area contributed by atoms with Crippen LogP contribution >= 0.6 is 0 Å². The third-order valence-corrected chi connectivity index (χ3v) is 3.72. The smallest absolute Gasteiger partial charge is 0.224 e. The zero-order valence-electron chi connectivity index (χ0n) is 9.49. The molecule has 3 heteroatoms. The van der Waals surface area contributed by atoms with Crippen LogP contribution in [-0.2, 0) is 4.79 Å². The van der Waals surface area contributed by atoms with Crippen molar-refractivity contribution in [2.45, 2.75) is 45.6 Å². The molecule has 1 amide bonds. The van der Waals surface area contributed by atoms with Crippen LogP contribution in [0.5, 0.6) is 0 Å². The Bertz CT molecular complexity index is 316. The minimum Gasteiger partial charge on any atom is -0.338 e. The zero-order chi connectivity index (χ0) is 11.1. The van der Waals surface area contributed by atoms with Crippen molar-refractivity contribution in [3.05, 3.63) is 0 Å². The molecule has 1 heterocycles. The number of nitrogens with zero attached hydrogens (tertiary/aromatic N) is 2. The van der Waals surface area contributed by atoms with E-state index in [-0.39, 0.29) is 11.8 Å². The van der Waals surface area contributed by atoms with Crippen LogP contribution in [-0.4, -0.2) is 23.4 Å². The lowest BCUT2D eigenvalue weighted by molar-refractivity contribution is -0.129. The van der Waals surface area contributed by atoms with E-state index in [1.807, 2.05) is 4.90 Å². The van der Waals surface area contributed by atoms with Crippen molar-refractivity contribution in [3.8, 4) is 6.07 Å². The number of nitriles is 1. The minimum atomic E-state index is -0.0683. The van der Waals surface area contributed by atoms with Gasteiger partial charge in [0.15, 0.2) is 0 Å². The van der Waals surface area contributed by atoms with E-state index in [4.69, 9.17) is 5.26 Å². The Balaban J connectivity index is 2.02. The van der Waals surface area contributed by atoms with E-state index in [0.29, 0.717) is 24.4 Å². The highest BCUT2D eigenvalue weighted by Gasteiger charge is 2.40. The van der Waals surface area contributed by atoms with E-state index in [9.17, 15) is 4.79 Å². The van der Waals surface area contributed by atoms with Gasteiger partial charge in [0.2, 0.25) is 5.91 Å². The van der Waals surface area contributed by atoms with Crippen LogP contribution in [0.25, 0.3) is 0 Å². The lowest BCUT2D eigenvalue weighted by Crippen LogP contribution is -2.35. The molecule has 1 aliphatic heterocycles. The molecule has 82 valence electrons. The molecular weight excluding hydrogens is 188 g/mol. The molecule has 0 spiro atoms. The summed E-state index contributed by atoms with van der Waals surface area (Å²) in [5.41, 5.74) is 0.371. The first-order valence-corrected chi connectivity index (χ1v) is 5.71. The third-order valence-electron chi connectivity index (χ3n) is 3.72. The van der Waals surface area contributed by atoms with Crippen LogP contribution in [0, 0.1) is 22.7 Å². The molecule has 2 aliphatic rings. The second-order valence-electron chi connectivity index (χ2n) is 5.64. The third kappa shape index (κ3) is 1.99. The van der Waals surface area contributed by atoms with Gasteiger partial charge in [-0.1, -0.05) is 13.8 Å². The molecule has 1 saturated heterocycles. The molecule has 1 aliphatic carbocycles. The van der Waals surface area contributed by atoms with Gasteiger partial charge in [0.05, 0.1) is 12.0 Å². The second kappa shape index (κ2) is 3.52. The maximum absolute atomic E-state index is 11.7. The second-order valence-corrected chi connectivity index (χ2v) is 5.64. The van der Waals surface area contributed by atoms with Gasteiger partial charge >= 0.3 is 0 Å². The molecule has 2 rings (SSSR count). The summed E-state index contributed by atoms with van der Waals surface area (Å²) in [7, 11) is 0. The lowest BCUT2D eigenvalue weighted by Gasteiger charge is -2.25. The monoisotopic (exact) mass is 206 g/mol. The van der Waals surface area contributed by atoms with Crippen molar-refractivity contribution in [3.63, 3.8) is 0 Å². The first kappa shape index (κ1) is 10.5. The van der Waals surface area contributed by atoms with Gasteiger partial charge in [-0.05, 0) is 24.7 Å². The quantitative estimate of drug-likeness (QED) is 0.658. The Morgan fingerprint density at radius 2 is 2.27 bits per heavy atom. The molecule has 2 atom stereocenters. The van der Waals surface area contributed by atoms with Gasteiger partial charge in [0.1, 0.15) is 0 Å². The van der Waals surface area contributed by atoms with E-state index in [0.717, 1.165) is 12.8 Å². The van der Waals surface area contributed by atoms with Gasteiger partial charge in [-0.3, -0.25) is 4.79 Å². The first-order valence-electron chi connectivity index (χ1n) is 5.71. The molecule has 0 radical (unpaired) electrons. The normalized spacial score (nSPS) is 34.5. The number of rotatable bonds is 1. The van der Waals surface area contributed by atoms with E-state index in [2.05, 4.69) is 19.9 Å². The van der Waals surface area contributed by atoms with Crippen molar-refractivity contribution in [1.29, 1.82) is 5.26 Å². The van der Waals surface area contributed by atoms with Crippen LogP contribution in [0.15, 0.2) is 0 Å². The van der Waals surface area contributed by atoms with Gasteiger partial charge in [0, 0.05) is 19.0 Å². The van der Waals surface area contributed by atoms with Crippen LogP contribution in [0.3, 0.4) is 0 Å². The first-order chi connectivity index (χ1) is 7.02. The van der Waals surface area contributed by atoms with Crippen LogP contribution in [0.1, 0.15) is 39.5 Å². The molecule has 2 unspecified atom stereocenters. The topological polar surface area (TPSA) is 44.1 Å². The molecule has 3 nitrogen and oxygen atoms in total. The fourth-order valence-corrected chi connectivity index (χ4v) is 2.84. The Labute approximate surface area is 91.1 Å². The minimum absolute atomic E-state index is 0.0683. The van der Waals surface area contributed by atoms with Gasteiger partial charge < -0.3 is 4.90 Å². The summed E-state index contributed by atoms with van der Waals surface area (Å²) < 4.78 is 0. The largest absolute Gasteiger partial charge is 0.338 e. The van der Waals surface area contributed by atoms with Crippen molar-refractivity contribution in [2.24, 2.45) is 11.3 Å². The number of carbonyl (C=O) groups excluding carboxylic acids is 1. The van der Waals surface area contributed by atoms with Crippen molar-refractivity contribution >= 4 is 5.91 Å². The molecule has 1 saturated carbocycles. The number of likely N-dealkylation sites (tertiary alicyclic amines) is 1. The molecule has 0 aromatic rings. The van der Waals surface area contributed by atoms with Crippen LogP contribution < -0.4 is 0 Å². The average molecular weight is 206 g/mol. The predicted molar refractivity (Wildman–Crippen MR) is 56.9 cm³/mol. The number of hydrogen-bond acceptors (Lipinski definition) is 2. The Kier molecular flexibility index (Phi) is 2.46. The van der Waals surface area contributed by atoms with Gasteiger partial charge in [0.25, 0.3) is 0 Å². The fourth-order valence-electron chi connectivity index (χ4n) is 2.84. The summed E-state index contributed by atoms with van der Waals surface area (Å²) in [5, 5.41) is 8.82. The Morgan fingerprint density at radius 3 is 2.73 bits per heavy atom. The highest BCUT2D eigenvalue weighted by Crippen LogP contribution is 2.40. The Morgan fingerprint density at radius 1 is 1.53 bits per heavy atom. The average Bonchev–Trinajstić information content (AvgIpc) is 2.69. The van der Waals surface area contributed by atoms with Crippen molar-refractivity contribution in [1.82, 2.24) is 4.90 Å². The molecule has 0 aromatic heterocycles. The fraction of sp³-hybridized carbons (Fsp3) is 0.833. The predicted octanol–water partition coefficient (Wildman–Crippen LogP) is 1.94. The summed E-state index contributed by atoms with van der Waals surface area (Å²) in [4.78, 5) is 13.7. The number of carbonyl (C=O) groups is 1. The molecule has 0 N–H and O–H groups in total. The van der Waals surface area contributed by atoms with Crippen molar-refractivity contribution in [2.75, 3.05) is 6.54 Å². The standard InChI is InChI=1S/C12H18N2O/c1-12(2)4-3-10(6-12)14-8-9(7-13)5-11(14)15/h9-10H,3-6,8H2,1-2H3. The molecule has 15 heavy (non-hydrogen) atoms. The Hall–Kier alpha value is -1.04. The van der Waals surface area contributed by atoms with Crippen LogP contribution in [0.4, 0.5) is 0 Å². The molecule has 0 bridgehead atoms. The lowest BCUT2D eigenvalue weighted by atomic mass is 9.91. The SMILES string of the molecule is CC1(C)CCC(N2CC(C#N)CC2=O)C1. The maximum atomic E-state index is 11.7. The summed E-state index contributed by atoms with van der Waals surface area (Å²) in [6.45, 7) is 5.18. The number of amides is 1. The van der Waals surface area contributed by atoms with Gasteiger partial charge in [-0.2, -0.15) is 5.26 Å². The molecule has 0 aromatic carbocycles. The molecule has 2 fully saturated rings. The van der Waals surface area contributed by atoms with E-state index in [1.54, 1.807) is 0 Å². The van der Waals surface area contributed by atoms with Gasteiger partial charge in [-0.15, -0.1) is 0 Å². The van der Waals surface area contributed by atoms with E-state index in [1.165, 1.54) is 6.42 Å². The highest BCUT2D eigenvalue weighted by molar-refractivity contribution is 5.79. The summed E-state index contributed by atoms with van der Waals surface area (Å²) >= 11 is 0. The molecular formula is C12H18N2O. The van der Waals surface area contributed by atoms with Crippen molar-refractivity contribution < 1.29 is 4.79 Å². The highest BCUT2D eigenvalue weighted by atomic mass is 16.2. The van der Waals surface area contributed by atoms with E-state index >= 15 is 0 Å². The van der Waals surface area contributed by atoms with E-state index < -0.39 is 0 Å². The zero-order valence-corrected chi connectivity index (χ0v) is 9.49. The van der Waals surface area contributed by atoms with Crippen LogP contribution in [0.2, 0.25) is 0 Å². The van der Waals surface area contributed by atoms with Gasteiger partial charge in [-0.25, -0.2) is 0 Å². The summed E-state index contributed by atoms with van der Waals surface area (Å²) in [5.74, 6) is 0.116. The maximum Gasteiger partial charge on any atom is 0.224 e. The number of hydrogen-bond donors (Lipinski definition) is 0. The summed E-state index contributed by atoms with van der Waals surface area (Å²) in [6.07, 6.45) is 3.83.